The molecule has 0 bridgehead atoms. The summed E-state index contributed by atoms with van der Waals surface area (Å²) in [5.41, 5.74) is 8.27. The lowest BCUT2D eigenvalue weighted by atomic mass is 10.1. The number of benzene rings is 1. The molecule has 0 radical (unpaired) electrons. The van der Waals surface area contributed by atoms with Gasteiger partial charge in [0.2, 0.25) is 0 Å². The lowest BCUT2D eigenvalue weighted by molar-refractivity contribution is 1.12. The first-order valence-electron chi connectivity index (χ1n) is 12.0. The highest BCUT2D eigenvalue weighted by Gasteiger charge is 1.99. The number of aliphatic imine (C=N–C) groups is 2. The van der Waals surface area contributed by atoms with E-state index in [9.17, 15) is 0 Å². The first-order chi connectivity index (χ1) is 15.7. The van der Waals surface area contributed by atoms with Gasteiger partial charge < -0.3 is 0 Å². The van der Waals surface area contributed by atoms with Crippen molar-refractivity contribution in [1.29, 1.82) is 0 Å². The minimum absolute atomic E-state index is 0.943. The molecule has 0 fully saturated rings. The van der Waals surface area contributed by atoms with Crippen molar-refractivity contribution in [3.63, 3.8) is 0 Å². The highest BCUT2D eigenvalue weighted by molar-refractivity contribution is 5.97. The molecule has 0 spiro atoms. The maximum absolute atomic E-state index is 4.40. The molecule has 1 rings (SSSR count). The van der Waals surface area contributed by atoms with E-state index in [1.165, 1.54) is 22.3 Å². The SMILES string of the molecule is C/C=C\C.C/C=C\c1cc(C)ccc1C.C=C(C)C(C)=N/C=C(CC)/C(C=NC)=C/C.CC. The molecular formula is C31H50N2. The molecule has 2 nitrogen and oxygen atoms in total. The van der Waals surface area contributed by atoms with Gasteiger partial charge in [0, 0.05) is 25.2 Å². The fourth-order valence-corrected chi connectivity index (χ4v) is 2.26. The van der Waals surface area contributed by atoms with Crippen LogP contribution in [0.3, 0.4) is 0 Å². The van der Waals surface area contributed by atoms with Crippen molar-refractivity contribution in [3.05, 3.63) is 88.7 Å². The van der Waals surface area contributed by atoms with Crippen LogP contribution in [0.5, 0.6) is 0 Å². The monoisotopic (exact) mass is 450 g/mol. The molecule has 0 aromatic heterocycles. The van der Waals surface area contributed by atoms with Crippen LogP contribution < -0.4 is 0 Å². The number of hydrogen-bond donors (Lipinski definition) is 0. The van der Waals surface area contributed by atoms with Crippen LogP contribution in [0.1, 0.15) is 85.4 Å². The van der Waals surface area contributed by atoms with E-state index in [0.29, 0.717) is 0 Å². The maximum atomic E-state index is 4.40. The van der Waals surface area contributed by atoms with Crippen molar-refractivity contribution >= 4 is 18.0 Å². The van der Waals surface area contributed by atoms with E-state index in [1.807, 2.05) is 86.0 Å². The molecule has 0 unspecified atom stereocenters. The minimum atomic E-state index is 0.943. The molecule has 184 valence electrons. The average molecular weight is 451 g/mol. The second-order valence-corrected chi connectivity index (χ2v) is 7.16. The summed E-state index contributed by atoms with van der Waals surface area (Å²) in [6.45, 7) is 26.2. The molecule has 0 atom stereocenters. The van der Waals surface area contributed by atoms with Crippen LogP contribution in [0.15, 0.2) is 82.0 Å². The molecule has 0 saturated carbocycles. The zero-order valence-electron chi connectivity index (χ0n) is 23.6. The third-order valence-electron chi connectivity index (χ3n) is 4.48. The molecule has 1 aromatic rings. The summed E-state index contributed by atoms with van der Waals surface area (Å²) in [4.78, 5) is 8.44. The quantitative estimate of drug-likeness (QED) is 0.234. The van der Waals surface area contributed by atoms with Crippen LogP contribution in [-0.4, -0.2) is 19.0 Å². The van der Waals surface area contributed by atoms with Crippen LogP contribution in [-0.2, 0) is 0 Å². The average Bonchev–Trinajstić information content (AvgIpc) is 2.82. The summed E-state index contributed by atoms with van der Waals surface area (Å²) in [5, 5.41) is 0. The molecule has 0 saturated heterocycles. The van der Waals surface area contributed by atoms with E-state index < -0.39 is 0 Å². The van der Waals surface area contributed by atoms with Crippen LogP contribution in [0, 0.1) is 13.8 Å². The molecule has 1 aromatic carbocycles. The Hall–Kier alpha value is -2.74. The zero-order valence-corrected chi connectivity index (χ0v) is 23.6. The van der Waals surface area contributed by atoms with Gasteiger partial charge in [-0.25, -0.2) is 0 Å². The van der Waals surface area contributed by atoms with Gasteiger partial charge in [-0.3, -0.25) is 9.98 Å². The third kappa shape index (κ3) is 18.5. The molecule has 0 heterocycles. The topological polar surface area (TPSA) is 24.7 Å². The Morgan fingerprint density at radius 1 is 0.970 bits per heavy atom. The van der Waals surface area contributed by atoms with Crippen LogP contribution in [0.2, 0.25) is 0 Å². The van der Waals surface area contributed by atoms with Crippen molar-refractivity contribution in [3.8, 4) is 0 Å². The number of rotatable bonds is 6. The molecule has 0 aliphatic carbocycles. The lowest BCUT2D eigenvalue weighted by Crippen LogP contribution is -1.93. The Kier molecular flexibility index (Phi) is 25.3. The van der Waals surface area contributed by atoms with Gasteiger partial charge in [0.05, 0.1) is 0 Å². The smallest absolute Gasteiger partial charge is 0.0395 e. The standard InChI is InChI=1S/C14H22N2.C11H14.C4H8.C2H6/c1-7-13(9-15-6)14(8-2)10-16-12(5)11(3)4;1-4-5-11-8-9(2)6-7-10(11)3;1-3-4-2;1-2/h7,9-10H,3,8H2,1-2,4-6H3;4-8H,1-3H3;3-4H,1-2H3;1-2H3/b13-7+,14-10+,15-9?,16-12?;5-4-;4-3-;. The van der Waals surface area contributed by atoms with Crippen molar-refractivity contribution in [2.24, 2.45) is 9.98 Å². The molecule has 0 amide bonds. The van der Waals surface area contributed by atoms with E-state index in [2.05, 4.69) is 67.7 Å². The molecule has 0 N–H and O–H groups in total. The van der Waals surface area contributed by atoms with Crippen molar-refractivity contribution < 1.29 is 0 Å². The Balaban J connectivity index is -0.000000455. The molecule has 0 aliphatic heterocycles. The first kappa shape index (κ1) is 34.9. The normalized spacial score (nSPS) is 12.1. The van der Waals surface area contributed by atoms with Crippen molar-refractivity contribution in [2.75, 3.05) is 7.05 Å². The van der Waals surface area contributed by atoms with Crippen LogP contribution in [0.25, 0.3) is 6.08 Å². The summed E-state index contributed by atoms with van der Waals surface area (Å²) in [5.74, 6) is 0. The van der Waals surface area contributed by atoms with Gasteiger partial charge in [0.1, 0.15) is 0 Å². The molecule has 33 heavy (non-hydrogen) atoms. The van der Waals surface area contributed by atoms with Gasteiger partial charge in [-0.1, -0.05) is 81.5 Å². The Labute approximate surface area is 206 Å². The van der Waals surface area contributed by atoms with Crippen LogP contribution in [0.4, 0.5) is 0 Å². The molecular weight excluding hydrogens is 400 g/mol. The van der Waals surface area contributed by atoms with E-state index in [4.69, 9.17) is 0 Å². The lowest BCUT2D eigenvalue weighted by Gasteiger charge is -2.03. The van der Waals surface area contributed by atoms with Gasteiger partial charge >= 0.3 is 0 Å². The van der Waals surface area contributed by atoms with E-state index in [0.717, 1.165) is 23.3 Å². The van der Waals surface area contributed by atoms with Gasteiger partial charge in [0.15, 0.2) is 0 Å². The summed E-state index contributed by atoms with van der Waals surface area (Å²) in [6.07, 6.45) is 15.0. The predicted molar refractivity (Wildman–Crippen MR) is 157 cm³/mol. The molecule has 2 heteroatoms. The minimum Gasteiger partial charge on any atom is -0.296 e. The highest BCUT2D eigenvalue weighted by Crippen LogP contribution is 2.13. The van der Waals surface area contributed by atoms with Crippen molar-refractivity contribution in [1.82, 2.24) is 0 Å². The Bertz CT molecular complexity index is 824. The second kappa shape index (κ2) is 23.9. The number of nitrogens with zero attached hydrogens (tertiary/aromatic N) is 2. The summed E-state index contributed by atoms with van der Waals surface area (Å²) in [7, 11) is 1.78. The van der Waals surface area contributed by atoms with Gasteiger partial charge in [-0.15, -0.1) is 0 Å². The highest BCUT2D eigenvalue weighted by atomic mass is 14.7. The Morgan fingerprint density at radius 2 is 1.55 bits per heavy atom. The number of aryl methyl sites for hydroxylation is 2. The summed E-state index contributed by atoms with van der Waals surface area (Å²) >= 11 is 0. The third-order valence-corrected chi connectivity index (χ3v) is 4.48. The maximum Gasteiger partial charge on any atom is 0.0395 e. The molecule has 0 aliphatic rings. The summed E-state index contributed by atoms with van der Waals surface area (Å²) in [6, 6.07) is 6.50. The van der Waals surface area contributed by atoms with E-state index >= 15 is 0 Å². The first-order valence-corrected chi connectivity index (χ1v) is 12.0. The Morgan fingerprint density at radius 3 is 1.94 bits per heavy atom. The fourth-order valence-electron chi connectivity index (χ4n) is 2.26. The second-order valence-electron chi connectivity index (χ2n) is 7.16. The van der Waals surface area contributed by atoms with E-state index in [-0.39, 0.29) is 0 Å². The van der Waals surface area contributed by atoms with E-state index in [1.54, 1.807) is 7.05 Å². The fraction of sp³-hybridized carbons (Fsp3) is 0.419. The van der Waals surface area contributed by atoms with Gasteiger partial charge in [-0.2, -0.15) is 0 Å². The van der Waals surface area contributed by atoms with Crippen molar-refractivity contribution in [2.45, 2.75) is 82.6 Å². The largest absolute Gasteiger partial charge is 0.296 e. The van der Waals surface area contributed by atoms with Gasteiger partial charge in [-0.05, 0) is 89.7 Å². The van der Waals surface area contributed by atoms with Crippen LogP contribution >= 0.6 is 0 Å². The summed E-state index contributed by atoms with van der Waals surface area (Å²) < 4.78 is 0. The number of allylic oxidation sites excluding steroid dienone is 7. The number of hydrogen-bond acceptors (Lipinski definition) is 2. The predicted octanol–water partition coefficient (Wildman–Crippen LogP) is 9.91. The zero-order chi connectivity index (χ0) is 26.2. The van der Waals surface area contributed by atoms with Gasteiger partial charge in [0.25, 0.3) is 0 Å².